The fourth-order valence-electron chi connectivity index (χ4n) is 2.80. The van der Waals surface area contributed by atoms with Crippen LogP contribution in [0.5, 0.6) is 11.6 Å². The van der Waals surface area contributed by atoms with Gasteiger partial charge in [0.2, 0.25) is 5.88 Å². The van der Waals surface area contributed by atoms with Crippen molar-refractivity contribution in [3.05, 3.63) is 77.5 Å². The zero-order valence-corrected chi connectivity index (χ0v) is 18.7. The molecule has 3 rings (SSSR count). The minimum absolute atomic E-state index is 0.00345. The van der Waals surface area contributed by atoms with E-state index in [1.54, 1.807) is 24.3 Å². The fourth-order valence-corrected chi connectivity index (χ4v) is 3.82. The number of nitrogens with zero attached hydrogens (tertiary/aromatic N) is 1. The lowest BCUT2D eigenvalue weighted by molar-refractivity contribution is 0.0978. The van der Waals surface area contributed by atoms with Gasteiger partial charge in [0.15, 0.2) is 0 Å². The van der Waals surface area contributed by atoms with Crippen LogP contribution in [0.2, 0.25) is 0 Å². The van der Waals surface area contributed by atoms with E-state index in [1.807, 2.05) is 39.8 Å². The van der Waals surface area contributed by atoms with Crippen molar-refractivity contribution in [1.82, 2.24) is 9.71 Å². The topological polar surface area (TPSA) is 111 Å². The summed E-state index contributed by atoms with van der Waals surface area (Å²) in [6.45, 7) is 7.82. The Labute approximate surface area is 182 Å². The van der Waals surface area contributed by atoms with Gasteiger partial charge in [0.1, 0.15) is 11.3 Å². The fraction of sp³-hybridized carbons (Fsp3) is 0.217. The number of benzene rings is 2. The summed E-state index contributed by atoms with van der Waals surface area (Å²) in [6, 6.07) is 16.2. The molecule has 3 aromatic rings. The zero-order valence-electron chi connectivity index (χ0n) is 17.8. The van der Waals surface area contributed by atoms with Crippen LogP contribution in [0.3, 0.4) is 0 Å². The minimum atomic E-state index is -4.13. The zero-order chi connectivity index (χ0) is 22.8. The van der Waals surface area contributed by atoms with Crippen molar-refractivity contribution in [1.29, 1.82) is 0 Å². The van der Waals surface area contributed by atoms with E-state index in [-0.39, 0.29) is 27.4 Å². The number of aromatic nitrogens is 1. The summed E-state index contributed by atoms with van der Waals surface area (Å²) >= 11 is 0. The third-order valence-corrected chi connectivity index (χ3v) is 5.90. The average molecular weight is 440 g/mol. The van der Waals surface area contributed by atoms with Gasteiger partial charge in [-0.2, -0.15) is 0 Å². The highest BCUT2D eigenvalue weighted by Crippen LogP contribution is 2.30. The number of hydrogen-bond acceptors (Lipinski definition) is 6. The summed E-state index contributed by atoms with van der Waals surface area (Å²) in [5.41, 5.74) is 7.20. The van der Waals surface area contributed by atoms with Crippen LogP contribution >= 0.6 is 0 Å². The molecule has 0 bridgehead atoms. The maximum atomic E-state index is 12.9. The van der Waals surface area contributed by atoms with Gasteiger partial charge in [-0.25, -0.2) is 18.1 Å². The number of rotatable bonds is 5. The van der Waals surface area contributed by atoms with Crippen molar-refractivity contribution in [2.24, 2.45) is 0 Å². The van der Waals surface area contributed by atoms with Crippen molar-refractivity contribution in [2.75, 3.05) is 5.73 Å². The van der Waals surface area contributed by atoms with Gasteiger partial charge in [0, 0.05) is 16.8 Å². The van der Waals surface area contributed by atoms with E-state index in [1.165, 1.54) is 24.3 Å². The van der Waals surface area contributed by atoms with Gasteiger partial charge in [-0.3, -0.25) is 4.79 Å². The quantitative estimate of drug-likeness (QED) is 0.577. The molecule has 3 N–H and O–H groups in total. The first-order valence-electron chi connectivity index (χ1n) is 9.65. The molecule has 0 unspecified atom stereocenters. The highest BCUT2D eigenvalue weighted by Gasteiger charge is 2.25. The molecule has 0 aliphatic heterocycles. The number of hydrogen-bond donors (Lipinski definition) is 2. The maximum Gasteiger partial charge on any atom is 0.270 e. The van der Waals surface area contributed by atoms with Crippen molar-refractivity contribution in [3.8, 4) is 11.6 Å². The molecule has 2 aromatic carbocycles. The summed E-state index contributed by atoms with van der Waals surface area (Å²) in [5.74, 6) is -0.297. The summed E-state index contributed by atoms with van der Waals surface area (Å²) in [6.07, 6.45) is 0. The lowest BCUT2D eigenvalue weighted by atomic mass is 9.91. The monoisotopic (exact) mass is 439 g/mol. The second-order valence-corrected chi connectivity index (χ2v) is 9.86. The number of carbonyl (C=O) groups is 1. The van der Waals surface area contributed by atoms with Gasteiger partial charge in [-0.15, -0.1) is 0 Å². The predicted octanol–water partition coefficient (Wildman–Crippen LogP) is 4.18. The number of ether oxygens (including phenoxy) is 1. The van der Waals surface area contributed by atoms with E-state index in [0.717, 1.165) is 5.56 Å². The number of aryl methyl sites for hydroxylation is 1. The molecule has 1 amide bonds. The molecule has 8 heteroatoms. The van der Waals surface area contributed by atoms with Crippen molar-refractivity contribution in [3.63, 3.8) is 0 Å². The molecule has 0 atom stereocenters. The summed E-state index contributed by atoms with van der Waals surface area (Å²) in [5, 5.41) is 0. The molecule has 0 aliphatic carbocycles. The second-order valence-electron chi connectivity index (χ2n) is 8.17. The Bertz CT molecular complexity index is 1230. The minimum Gasteiger partial charge on any atom is -0.438 e. The molecule has 31 heavy (non-hydrogen) atoms. The number of para-hydroxylation sites is 1. The SMILES string of the molecule is Cc1ccccc1Oc1nc(C(C)(C)C)ccc1C(=O)NS(=O)(=O)c1cccc(N)c1. The number of pyridine rings is 1. The first-order valence-corrected chi connectivity index (χ1v) is 11.1. The highest BCUT2D eigenvalue weighted by atomic mass is 32.2. The molecule has 1 heterocycles. The van der Waals surface area contributed by atoms with E-state index < -0.39 is 15.9 Å². The van der Waals surface area contributed by atoms with E-state index in [4.69, 9.17) is 10.5 Å². The van der Waals surface area contributed by atoms with Gasteiger partial charge in [0.25, 0.3) is 15.9 Å². The molecule has 0 radical (unpaired) electrons. The first-order chi connectivity index (χ1) is 14.5. The second kappa shape index (κ2) is 8.39. The van der Waals surface area contributed by atoms with Gasteiger partial charge < -0.3 is 10.5 Å². The molecular formula is C23H25N3O4S. The first kappa shape index (κ1) is 22.3. The predicted molar refractivity (Wildman–Crippen MR) is 120 cm³/mol. The van der Waals surface area contributed by atoms with Crippen LogP contribution in [0.1, 0.15) is 42.4 Å². The van der Waals surface area contributed by atoms with Gasteiger partial charge in [0.05, 0.1) is 4.90 Å². The van der Waals surface area contributed by atoms with Crippen LogP contribution in [0.25, 0.3) is 0 Å². The Morgan fingerprint density at radius 1 is 1.03 bits per heavy atom. The summed E-state index contributed by atoms with van der Waals surface area (Å²) in [7, 11) is -4.13. The largest absolute Gasteiger partial charge is 0.438 e. The lowest BCUT2D eigenvalue weighted by Gasteiger charge is -2.20. The molecule has 1 aromatic heterocycles. The lowest BCUT2D eigenvalue weighted by Crippen LogP contribution is -2.31. The average Bonchev–Trinajstić information content (AvgIpc) is 2.68. The van der Waals surface area contributed by atoms with E-state index in [0.29, 0.717) is 11.4 Å². The molecule has 0 fully saturated rings. The van der Waals surface area contributed by atoms with Crippen LogP contribution in [-0.2, 0) is 15.4 Å². The van der Waals surface area contributed by atoms with E-state index in [2.05, 4.69) is 9.71 Å². The maximum absolute atomic E-state index is 12.9. The molecule has 162 valence electrons. The molecule has 7 nitrogen and oxygen atoms in total. The Kier molecular flexibility index (Phi) is 6.03. The number of anilines is 1. The molecule has 0 saturated carbocycles. The number of carbonyl (C=O) groups excluding carboxylic acids is 1. The van der Waals surface area contributed by atoms with Crippen molar-refractivity contribution >= 4 is 21.6 Å². The standard InChI is InChI=1S/C23H25N3O4S/c1-15-8-5-6-11-19(15)30-22-18(12-13-20(25-22)23(2,3)4)21(27)26-31(28,29)17-10-7-9-16(24)14-17/h5-14H,24H2,1-4H3,(H,26,27). The number of nitrogens with one attached hydrogen (secondary N) is 1. The van der Waals surface area contributed by atoms with Crippen LogP contribution in [-0.4, -0.2) is 19.3 Å². The third-order valence-electron chi connectivity index (χ3n) is 4.57. The molecule has 0 saturated heterocycles. The van der Waals surface area contributed by atoms with Gasteiger partial charge in [-0.05, 0) is 48.9 Å². The number of nitrogens with two attached hydrogens (primary N) is 1. The van der Waals surface area contributed by atoms with Crippen LogP contribution < -0.4 is 15.2 Å². The Morgan fingerprint density at radius 3 is 2.39 bits per heavy atom. The van der Waals surface area contributed by atoms with Crippen LogP contribution in [0.15, 0.2) is 65.6 Å². The summed E-state index contributed by atoms with van der Waals surface area (Å²) < 4.78 is 33.4. The normalized spacial score (nSPS) is 11.7. The van der Waals surface area contributed by atoms with Gasteiger partial charge >= 0.3 is 0 Å². The van der Waals surface area contributed by atoms with Crippen molar-refractivity contribution < 1.29 is 17.9 Å². The van der Waals surface area contributed by atoms with Crippen LogP contribution in [0, 0.1) is 6.92 Å². The number of nitrogen functional groups attached to an aromatic ring is 1. The highest BCUT2D eigenvalue weighted by molar-refractivity contribution is 7.90. The molecule has 0 aliphatic rings. The van der Waals surface area contributed by atoms with Crippen LogP contribution in [0.4, 0.5) is 5.69 Å². The molecule has 0 spiro atoms. The smallest absolute Gasteiger partial charge is 0.270 e. The third kappa shape index (κ3) is 5.21. The van der Waals surface area contributed by atoms with E-state index in [9.17, 15) is 13.2 Å². The number of amides is 1. The Morgan fingerprint density at radius 2 is 1.74 bits per heavy atom. The summed E-state index contributed by atoms with van der Waals surface area (Å²) in [4.78, 5) is 17.3. The Hall–Kier alpha value is -3.39. The number of sulfonamides is 1. The van der Waals surface area contributed by atoms with Gasteiger partial charge in [-0.1, -0.05) is 45.0 Å². The molecular weight excluding hydrogens is 414 g/mol. The Balaban J connectivity index is 2.01. The van der Waals surface area contributed by atoms with Crippen molar-refractivity contribution in [2.45, 2.75) is 38.0 Å². The van der Waals surface area contributed by atoms with E-state index >= 15 is 0 Å².